The van der Waals surface area contributed by atoms with Crippen LogP contribution >= 0.6 is 0 Å². The van der Waals surface area contributed by atoms with E-state index in [0.29, 0.717) is 0 Å². The predicted molar refractivity (Wildman–Crippen MR) is 71.8 cm³/mol. The normalized spacial score (nSPS) is 10.7. The summed E-state index contributed by atoms with van der Waals surface area (Å²) in [5, 5.41) is 3.45. The first-order valence-corrected chi connectivity index (χ1v) is 6.57. The molecule has 0 amide bonds. The van der Waals surface area contributed by atoms with E-state index in [1.54, 1.807) is 0 Å². The Morgan fingerprint density at radius 1 is 1.12 bits per heavy atom. The number of unbranched alkanes of at least 4 members (excludes halogenated alkanes) is 1. The summed E-state index contributed by atoms with van der Waals surface area (Å²) < 4.78 is 0. The first kappa shape index (κ1) is 13.2. The molecule has 0 atom stereocenters. The first-order valence-electron chi connectivity index (χ1n) is 6.57. The maximum Gasteiger partial charge on any atom is 0.0205 e. The fourth-order valence-corrected chi connectivity index (χ4v) is 1.88. The molecule has 0 spiro atoms. The molecule has 0 aliphatic rings. The zero-order chi connectivity index (χ0) is 11.8. The highest BCUT2D eigenvalue weighted by atomic mass is 14.8. The van der Waals surface area contributed by atoms with Gasteiger partial charge in [0.2, 0.25) is 0 Å². The van der Waals surface area contributed by atoms with E-state index in [2.05, 4.69) is 44.3 Å². The largest absolute Gasteiger partial charge is 0.313 e. The molecule has 1 N–H and O–H groups in total. The second-order valence-corrected chi connectivity index (χ2v) is 4.54. The quantitative estimate of drug-likeness (QED) is 0.687. The van der Waals surface area contributed by atoms with Gasteiger partial charge in [-0.15, -0.1) is 0 Å². The van der Waals surface area contributed by atoms with Crippen molar-refractivity contribution in [3.05, 3.63) is 34.9 Å². The summed E-state index contributed by atoms with van der Waals surface area (Å²) in [5.41, 5.74) is 4.38. The monoisotopic (exact) mass is 219 g/mol. The van der Waals surface area contributed by atoms with Gasteiger partial charge < -0.3 is 5.32 Å². The average Bonchev–Trinajstić information content (AvgIpc) is 2.30. The van der Waals surface area contributed by atoms with Crippen LogP contribution in [-0.4, -0.2) is 6.54 Å². The van der Waals surface area contributed by atoms with Crippen LogP contribution < -0.4 is 5.32 Å². The van der Waals surface area contributed by atoms with Gasteiger partial charge in [-0.25, -0.2) is 0 Å². The molecule has 0 unspecified atom stereocenters. The molecule has 0 saturated carbocycles. The van der Waals surface area contributed by atoms with Gasteiger partial charge in [0.1, 0.15) is 0 Å². The van der Waals surface area contributed by atoms with Gasteiger partial charge in [0.05, 0.1) is 0 Å². The van der Waals surface area contributed by atoms with Crippen molar-refractivity contribution in [3.63, 3.8) is 0 Å². The summed E-state index contributed by atoms with van der Waals surface area (Å²) in [6, 6.07) is 6.87. The Hall–Kier alpha value is -0.820. The van der Waals surface area contributed by atoms with E-state index in [1.165, 1.54) is 42.4 Å². The van der Waals surface area contributed by atoms with E-state index in [1.807, 2.05) is 0 Å². The first-order chi connectivity index (χ1) is 7.77. The van der Waals surface area contributed by atoms with E-state index in [4.69, 9.17) is 0 Å². The predicted octanol–water partition coefficient (Wildman–Crippen LogP) is 3.84. The summed E-state index contributed by atoms with van der Waals surface area (Å²) in [7, 11) is 0. The molecule has 0 aliphatic carbocycles. The summed E-state index contributed by atoms with van der Waals surface area (Å²) in [6.45, 7) is 8.79. The molecule has 0 aromatic heterocycles. The van der Waals surface area contributed by atoms with Crippen LogP contribution in [0.4, 0.5) is 0 Å². The van der Waals surface area contributed by atoms with E-state index in [-0.39, 0.29) is 0 Å². The topological polar surface area (TPSA) is 12.0 Å². The third-order valence-electron chi connectivity index (χ3n) is 2.97. The van der Waals surface area contributed by atoms with Gasteiger partial charge in [0.15, 0.2) is 0 Å². The number of hydrogen-bond donors (Lipinski definition) is 1. The van der Waals surface area contributed by atoms with E-state index >= 15 is 0 Å². The van der Waals surface area contributed by atoms with Crippen molar-refractivity contribution in [2.45, 2.75) is 53.0 Å². The molecule has 1 aromatic carbocycles. The maximum absolute atomic E-state index is 3.45. The van der Waals surface area contributed by atoms with Crippen molar-refractivity contribution in [3.8, 4) is 0 Å². The highest BCUT2D eigenvalue weighted by Crippen LogP contribution is 2.14. The Bertz CT molecular complexity index is 304. The number of nitrogens with one attached hydrogen (secondary N) is 1. The van der Waals surface area contributed by atoms with Crippen LogP contribution in [0.15, 0.2) is 18.2 Å². The minimum absolute atomic E-state index is 1.01. The number of rotatable bonds is 7. The van der Waals surface area contributed by atoms with Crippen molar-refractivity contribution in [2.24, 2.45) is 0 Å². The van der Waals surface area contributed by atoms with Crippen molar-refractivity contribution in [1.29, 1.82) is 0 Å². The molecular formula is C15H25N. The summed E-state index contributed by atoms with van der Waals surface area (Å²) in [6.07, 6.45) is 5.00. The van der Waals surface area contributed by atoms with E-state index in [9.17, 15) is 0 Å². The number of hydrogen-bond acceptors (Lipinski definition) is 1. The van der Waals surface area contributed by atoms with Crippen LogP contribution in [0.2, 0.25) is 0 Å². The number of benzene rings is 1. The summed E-state index contributed by atoms with van der Waals surface area (Å²) in [5.74, 6) is 0. The lowest BCUT2D eigenvalue weighted by atomic mass is 10.0. The molecule has 16 heavy (non-hydrogen) atoms. The van der Waals surface area contributed by atoms with Gasteiger partial charge >= 0.3 is 0 Å². The van der Waals surface area contributed by atoms with Gasteiger partial charge in [-0.3, -0.25) is 0 Å². The molecule has 1 nitrogen and oxygen atoms in total. The molecule has 0 saturated heterocycles. The van der Waals surface area contributed by atoms with Crippen molar-refractivity contribution < 1.29 is 0 Å². The molecule has 0 aliphatic heterocycles. The van der Waals surface area contributed by atoms with Gasteiger partial charge in [0.25, 0.3) is 0 Å². The Morgan fingerprint density at radius 3 is 2.62 bits per heavy atom. The zero-order valence-electron chi connectivity index (χ0n) is 11.0. The third-order valence-corrected chi connectivity index (χ3v) is 2.97. The highest BCUT2D eigenvalue weighted by molar-refractivity contribution is 5.31. The third kappa shape index (κ3) is 4.36. The van der Waals surface area contributed by atoms with E-state index < -0.39 is 0 Å². The second-order valence-electron chi connectivity index (χ2n) is 4.54. The Labute approximate surface area is 100 Å². The van der Waals surface area contributed by atoms with Gasteiger partial charge in [-0.1, -0.05) is 38.5 Å². The lowest BCUT2D eigenvalue weighted by Crippen LogP contribution is -2.14. The van der Waals surface area contributed by atoms with Gasteiger partial charge in [-0.2, -0.15) is 0 Å². The lowest BCUT2D eigenvalue weighted by Gasteiger charge is -2.09. The summed E-state index contributed by atoms with van der Waals surface area (Å²) >= 11 is 0. The van der Waals surface area contributed by atoms with Crippen LogP contribution in [0.3, 0.4) is 0 Å². The summed E-state index contributed by atoms with van der Waals surface area (Å²) in [4.78, 5) is 0. The Kier molecular flexibility index (Phi) is 6.17. The molecule has 0 radical (unpaired) electrons. The molecular weight excluding hydrogens is 194 g/mol. The average molecular weight is 219 g/mol. The van der Waals surface area contributed by atoms with Crippen molar-refractivity contribution in [1.82, 2.24) is 5.32 Å². The van der Waals surface area contributed by atoms with Crippen molar-refractivity contribution in [2.75, 3.05) is 6.54 Å². The van der Waals surface area contributed by atoms with Crippen LogP contribution in [-0.2, 0) is 13.0 Å². The molecule has 1 aromatic rings. The lowest BCUT2D eigenvalue weighted by molar-refractivity contribution is 0.674. The minimum atomic E-state index is 1.01. The molecule has 0 fully saturated rings. The maximum atomic E-state index is 3.45. The minimum Gasteiger partial charge on any atom is -0.313 e. The Morgan fingerprint density at radius 2 is 1.94 bits per heavy atom. The fraction of sp³-hybridized carbons (Fsp3) is 0.600. The Balaban J connectivity index is 2.58. The van der Waals surface area contributed by atoms with Crippen LogP contribution in [0.1, 0.15) is 49.8 Å². The molecule has 90 valence electrons. The smallest absolute Gasteiger partial charge is 0.0205 e. The molecule has 1 heteroatoms. The molecule has 0 bridgehead atoms. The van der Waals surface area contributed by atoms with Crippen LogP contribution in [0.25, 0.3) is 0 Å². The van der Waals surface area contributed by atoms with Crippen LogP contribution in [0, 0.1) is 6.92 Å². The molecule has 1 rings (SSSR count). The van der Waals surface area contributed by atoms with Crippen molar-refractivity contribution >= 4 is 0 Å². The second kappa shape index (κ2) is 7.45. The number of aryl methyl sites for hydroxylation is 2. The van der Waals surface area contributed by atoms with Gasteiger partial charge in [0, 0.05) is 6.54 Å². The molecule has 0 heterocycles. The highest BCUT2D eigenvalue weighted by Gasteiger charge is 2.00. The van der Waals surface area contributed by atoms with E-state index in [0.717, 1.165) is 13.1 Å². The van der Waals surface area contributed by atoms with Gasteiger partial charge in [-0.05, 0) is 49.4 Å². The van der Waals surface area contributed by atoms with Crippen LogP contribution in [0.5, 0.6) is 0 Å². The standard InChI is InChI=1S/C15H25N/c1-4-6-7-15-11-14(9-8-13(15)3)12-16-10-5-2/h8-9,11,16H,4-7,10,12H2,1-3H3. The zero-order valence-corrected chi connectivity index (χ0v) is 11.0. The fourth-order valence-electron chi connectivity index (χ4n) is 1.88. The SMILES string of the molecule is CCCCc1cc(CNCCC)ccc1C.